The van der Waals surface area contributed by atoms with E-state index in [1.165, 1.54) is 11.1 Å². The maximum atomic E-state index is 5.85. The third-order valence-electron chi connectivity index (χ3n) is 2.61. The van der Waals surface area contributed by atoms with Crippen LogP contribution < -0.4 is 11.5 Å². The maximum Gasteiger partial charge on any atom is 0.0350 e. The minimum Gasteiger partial charge on any atom is -0.398 e. The molecule has 0 aliphatic heterocycles. The summed E-state index contributed by atoms with van der Waals surface area (Å²) in [4.78, 5) is 0. The van der Waals surface area contributed by atoms with E-state index in [1.54, 1.807) is 0 Å². The zero-order chi connectivity index (χ0) is 8.72. The molecule has 64 valence electrons. The Bertz CT molecular complexity index is 287. The Morgan fingerprint density at radius 2 is 1.50 bits per heavy atom. The molecule has 0 saturated carbocycles. The minimum absolute atomic E-state index is 0.701. The van der Waals surface area contributed by atoms with Crippen molar-refractivity contribution in [2.24, 2.45) is 5.92 Å². The highest BCUT2D eigenvalue weighted by atomic mass is 14.6. The average molecular weight is 162 g/mol. The van der Waals surface area contributed by atoms with Gasteiger partial charge in [0.25, 0.3) is 0 Å². The molecule has 0 heterocycles. The second kappa shape index (κ2) is 2.41. The molecule has 2 rings (SSSR count). The molecular weight excluding hydrogens is 148 g/mol. The van der Waals surface area contributed by atoms with Crippen molar-refractivity contribution in [1.82, 2.24) is 0 Å². The number of nitrogen functional groups attached to an aromatic ring is 2. The van der Waals surface area contributed by atoms with E-state index in [2.05, 4.69) is 6.92 Å². The molecule has 0 aromatic heterocycles. The quantitative estimate of drug-likeness (QED) is 0.569. The number of hydrogen-bond acceptors (Lipinski definition) is 2. The summed E-state index contributed by atoms with van der Waals surface area (Å²) >= 11 is 0. The molecule has 12 heavy (non-hydrogen) atoms. The van der Waals surface area contributed by atoms with Gasteiger partial charge in [-0.25, -0.2) is 0 Å². The van der Waals surface area contributed by atoms with Gasteiger partial charge in [0.2, 0.25) is 0 Å². The Morgan fingerprint density at radius 3 is 1.92 bits per heavy atom. The van der Waals surface area contributed by atoms with Crippen LogP contribution in [0.4, 0.5) is 11.4 Å². The van der Waals surface area contributed by atoms with Gasteiger partial charge in [0.1, 0.15) is 0 Å². The van der Waals surface area contributed by atoms with Gasteiger partial charge in [-0.3, -0.25) is 0 Å². The molecule has 0 amide bonds. The van der Waals surface area contributed by atoms with Crippen molar-refractivity contribution in [3.05, 3.63) is 23.3 Å². The van der Waals surface area contributed by atoms with Crippen LogP contribution in [0.2, 0.25) is 0 Å². The van der Waals surface area contributed by atoms with Crippen molar-refractivity contribution < 1.29 is 0 Å². The Morgan fingerprint density at radius 1 is 1.08 bits per heavy atom. The van der Waals surface area contributed by atoms with Gasteiger partial charge < -0.3 is 11.5 Å². The number of hydrogen-bond donors (Lipinski definition) is 2. The molecule has 0 atom stereocenters. The fourth-order valence-corrected chi connectivity index (χ4v) is 1.98. The molecule has 0 bridgehead atoms. The van der Waals surface area contributed by atoms with E-state index in [1.807, 2.05) is 12.1 Å². The zero-order valence-corrected chi connectivity index (χ0v) is 7.30. The molecular formula is C10H14N2. The Hall–Kier alpha value is -1.18. The topological polar surface area (TPSA) is 52.0 Å². The van der Waals surface area contributed by atoms with E-state index >= 15 is 0 Å². The lowest BCUT2D eigenvalue weighted by atomic mass is 10.1. The van der Waals surface area contributed by atoms with E-state index in [0.717, 1.165) is 24.2 Å². The van der Waals surface area contributed by atoms with Crippen molar-refractivity contribution in [2.75, 3.05) is 11.5 Å². The van der Waals surface area contributed by atoms with Crippen LogP contribution in [-0.2, 0) is 12.8 Å². The van der Waals surface area contributed by atoms with Crippen LogP contribution in [0.25, 0.3) is 0 Å². The van der Waals surface area contributed by atoms with Gasteiger partial charge in [-0.05, 0) is 42.0 Å². The van der Waals surface area contributed by atoms with E-state index in [-0.39, 0.29) is 0 Å². The van der Waals surface area contributed by atoms with Crippen molar-refractivity contribution >= 4 is 11.4 Å². The maximum absolute atomic E-state index is 5.85. The van der Waals surface area contributed by atoms with Gasteiger partial charge in [0.15, 0.2) is 0 Å². The number of fused-ring (bicyclic) bond motifs is 1. The second-order valence-corrected chi connectivity index (χ2v) is 3.71. The predicted molar refractivity (Wildman–Crippen MR) is 51.8 cm³/mol. The molecule has 0 saturated heterocycles. The summed E-state index contributed by atoms with van der Waals surface area (Å²) in [6.07, 6.45) is 2.18. The van der Waals surface area contributed by atoms with E-state index in [0.29, 0.717) is 5.92 Å². The summed E-state index contributed by atoms with van der Waals surface area (Å²) in [5.41, 5.74) is 16.1. The Labute approximate surface area is 72.6 Å². The lowest BCUT2D eigenvalue weighted by Crippen LogP contribution is -1.97. The molecule has 0 unspecified atom stereocenters. The first-order chi connectivity index (χ1) is 5.68. The third-order valence-corrected chi connectivity index (χ3v) is 2.61. The van der Waals surface area contributed by atoms with Crippen LogP contribution in [0.5, 0.6) is 0 Å². The average Bonchev–Trinajstić information content (AvgIpc) is 2.41. The smallest absolute Gasteiger partial charge is 0.0350 e. The van der Waals surface area contributed by atoms with Crippen LogP contribution in [0, 0.1) is 5.92 Å². The normalized spacial score (nSPS) is 16.4. The summed E-state index contributed by atoms with van der Waals surface area (Å²) < 4.78 is 0. The molecule has 1 aromatic rings. The van der Waals surface area contributed by atoms with Gasteiger partial charge >= 0.3 is 0 Å². The van der Waals surface area contributed by atoms with E-state index in [9.17, 15) is 0 Å². The van der Waals surface area contributed by atoms with Crippen LogP contribution in [0.1, 0.15) is 18.1 Å². The molecule has 1 aliphatic rings. The molecule has 4 N–H and O–H groups in total. The fourth-order valence-electron chi connectivity index (χ4n) is 1.98. The summed E-state index contributed by atoms with van der Waals surface area (Å²) in [5.74, 6) is 0.701. The molecule has 2 heteroatoms. The molecule has 2 nitrogen and oxygen atoms in total. The van der Waals surface area contributed by atoms with Crippen molar-refractivity contribution in [3.8, 4) is 0 Å². The largest absolute Gasteiger partial charge is 0.398 e. The summed E-state index contributed by atoms with van der Waals surface area (Å²) in [7, 11) is 0. The first kappa shape index (κ1) is 7.47. The minimum atomic E-state index is 0.701. The van der Waals surface area contributed by atoms with Crippen LogP contribution in [-0.4, -0.2) is 0 Å². The molecule has 0 fully saturated rings. The number of benzene rings is 1. The molecule has 0 radical (unpaired) electrons. The summed E-state index contributed by atoms with van der Waals surface area (Å²) in [6, 6.07) is 3.82. The monoisotopic (exact) mass is 162 g/mol. The van der Waals surface area contributed by atoms with Crippen molar-refractivity contribution in [1.29, 1.82) is 0 Å². The SMILES string of the molecule is CC1Cc2c(N)ccc(N)c2C1. The zero-order valence-electron chi connectivity index (χ0n) is 7.30. The van der Waals surface area contributed by atoms with E-state index in [4.69, 9.17) is 11.5 Å². The fraction of sp³-hybridized carbons (Fsp3) is 0.400. The van der Waals surface area contributed by atoms with Crippen LogP contribution in [0.15, 0.2) is 12.1 Å². The Kier molecular flexibility index (Phi) is 1.50. The number of anilines is 2. The number of rotatable bonds is 0. The lowest BCUT2D eigenvalue weighted by molar-refractivity contribution is 0.628. The molecule has 1 aromatic carbocycles. The first-order valence-electron chi connectivity index (χ1n) is 4.34. The lowest BCUT2D eigenvalue weighted by Gasteiger charge is -2.05. The second-order valence-electron chi connectivity index (χ2n) is 3.71. The van der Waals surface area contributed by atoms with E-state index < -0.39 is 0 Å². The van der Waals surface area contributed by atoms with Crippen molar-refractivity contribution in [2.45, 2.75) is 19.8 Å². The highest BCUT2D eigenvalue weighted by Crippen LogP contribution is 2.34. The first-order valence-corrected chi connectivity index (χ1v) is 4.34. The van der Waals surface area contributed by atoms with Crippen LogP contribution >= 0.6 is 0 Å². The highest BCUT2D eigenvalue weighted by molar-refractivity contribution is 5.63. The van der Waals surface area contributed by atoms with Gasteiger partial charge in [-0.1, -0.05) is 6.92 Å². The highest BCUT2D eigenvalue weighted by Gasteiger charge is 2.21. The molecule has 0 spiro atoms. The van der Waals surface area contributed by atoms with Gasteiger partial charge in [-0.15, -0.1) is 0 Å². The van der Waals surface area contributed by atoms with Crippen LogP contribution in [0.3, 0.4) is 0 Å². The van der Waals surface area contributed by atoms with Gasteiger partial charge in [0, 0.05) is 11.4 Å². The number of nitrogens with two attached hydrogens (primary N) is 2. The Balaban J connectivity index is 2.56. The van der Waals surface area contributed by atoms with Gasteiger partial charge in [-0.2, -0.15) is 0 Å². The molecule has 1 aliphatic carbocycles. The summed E-state index contributed by atoms with van der Waals surface area (Å²) in [5, 5.41) is 0. The van der Waals surface area contributed by atoms with Gasteiger partial charge in [0.05, 0.1) is 0 Å². The van der Waals surface area contributed by atoms with Crippen molar-refractivity contribution in [3.63, 3.8) is 0 Å². The predicted octanol–water partition coefficient (Wildman–Crippen LogP) is 1.59. The standard InChI is InChI=1S/C10H14N2/c1-6-4-7-8(5-6)10(12)3-2-9(7)11/h2-3,6H,4-5,11-12H2,1H3. The summed E-state index contributed by atoms with van der Waals surface area (Å²) in [6.45, 7) is 2.24. The third kappa shape index (κ3) is 0.951.